The molecule has 4 fully saturated rings. The van der Waals surface area contributed by atoms with Gasteiger partial charge in [-0.05, 0) is 68.1 Å². The van der Waals surface area contributed by atoms with Crippen LogP contribution in [0.3, 0.4) is 0 Å². The van der Waals surface area contributed by atoms with Gasteiger partial charge in [-0.2, -0.15) is 0 Å². The maximum Gasteiger partial charge on any atom is -0.0383 e. The van der Waals surface area contributed by atoms with E-state index in [1.807, 2.05) is 13.8 Å². The third kappa shape index (κ3) is 8.39. The highest BCUT2D eigenvalue weighted by Gasteiger charge is 2.34. The van der Waals surface area contributed by atoms with Gasteiger partial charge in [0.1, 0.15) is 0 Å². The molecule has 4 aliphatic carbocycles. The number of rotatable bonds is 4. The second kappa shape index (κ2) is 14.9. The maximum atomic E-state index is 2.36. The average Bonchev–Trinajstić information content (AvgIpc) is 3.26. The summed E-state index contributed by atoms with van der Waals surface area (Å²) in [6, 6.07) is 0. The fourth-order valence-corrected chi connectivity index (χ4v) is 6.97. The Labute approximate surface area is 179 Å². The molecule has 0 aromatic heterocycles. The zero-order valence-corrected chi connectivity index (χ0v) is 20.0. The van der Waals surface area contributed by atoms with Crippen LogP contribution in [0.25, 0.3) is 0 Å². The first-order valence-electron chi connectivity index (χ1n) is 13.9. The molecule has 0 bridgehead atoms. The van der Waals surface area contributed by atoms with Gasteiger partial charge in [0.15, 0.2) is 0 Å². The molecular weight excluding hydrogens is 336 g/mol. The molecule has 4 aliphatic rings. The van der Waals surface area contributed by atoms with Crippen LogP contribution in [-0.2, 0) is 0 Å². The van der Waals surface area contributed by atoms with Gasteiger partial charge in [0, 0.05) is 0 Å². The lowest BCUT2D eigenvalue weighted by atomic mass is 9.68. The fourth-order valence-electron chi connectivity index (χ4n) is 6.97. The predicted octanol–water partition coefficient (Wildman–Crippen LogP) is 9.96. The highest BCUT2D eigenvalue weighted by atomic mass is 14.4. The first-order chi connectivity index (χ1) is 13.9. The Morgan fingerprint density at radius 2 is 0.857 bits per heavy atom. The molecule has 2 unspecified atom stereocenters. The Kier molecular flexibility index (Phi) is 12.9. The van der Waals surface area contributed by atoms with Crippen LogP contribution < -0.4 is 0 Å². The molecule has 2 atom stereocenters. The third-order valence-electron chi connectivity index (χ3n) is 8.58. The summed E-state index contributed by atoms with van der Waals surface area (Å²) in [5.41, 5.74) is 0. The van der Waals surface area contributed by atoms with Crippen molar-refractivity contribution in [3.63, 3.8) is 0 Å². The quantitative estimate of drug-likeness (QED) is 0.448. The maximum absolute atomic E-state index is 2.36. The summed E-state index contributed by atoms with van der Waals surface area (Å²) in [6.07, 6.45) is 30.7. The lowest BCUT2D eigenvalue weighted by Crippen LogP contribution is -2.26. The summed E-state index contributed by atoms with van der Waals surface area (Å²) in [6.45, 7) is 6.36. The van der Waals surface area contributed by atoms with E-state index in [9.17, 15) is 0 Å². The highest BCUT2D eigenvalue weighted by molar-refractivity contribution is 4.86. The molecule has 0 aliphatic heterocycles. The monoisotopic (exact) mass is 390 g/mol. The minimum atomic E-state index is 1.10. The smallest absolute Gasteiger partial charge is 0.0383 e. The first-order valence-corrected chi connectivity index (χ1v) is 13.9. The average molecular weight is 391 g/mol. The van der Waals surface area contributed by atoms with Crippen LogP contribution in [-0.4, -0.2) is 0 Å². The van der Waals surface area contributed by atoms with E-state index in [4.69, 9.17) is 0 Å². The SMILES string of the molecule is C1CCCCC1.CC.CCCC1CCC(C2CCC(C3CCCCC3)CC2)C1. The van der Waals surface area contributed by atoms with Crippen LogP contribution in [0.5, 0.6) is 0 Å². The minimum absolute atomic E-state index is 1.10. The van der Waals surface area contributed by atoms with Gasteiger partial charge in [-0.3, -0.25) is 0 Å². The largest absolute Gasteiger partial charge is 0.0683 e. The lowest BCUT2D eigenvalue weighted by Gasteiger charge is -2.37. The molecule has 0 nitrogen and oxygen atoms in total. The predicted molar refractivity (Wildman–Crippen MR) is 127 cm³/mol. The number of hydrogen-bond donors (Lipinski definition) is 0. The van der Waals surface area contributed by atoms with E-state index in [0.29, 0.717) is 0 Å². The van der Waals surface area contributed by atoms with Crippen molar-refractivity contribution in [1.29, 1.82) is 0 Å². The molecule has 0 aromatic rings. The molecule has 0 N–H and O–H groups in total. The van der Waals surface area contributed by atoms with Crippen LogP contribution in [0.1, 0.15) is 149 Å². The second-order valence-electron chi connectivity index (χ2n) is 10.4. The molecule has 0 heterocycles. The lowest BCUT2D eigenvalue weighted by molar-refractivity contribution is 0.139. The van der Waals surface area contributed by atoms with Crippen molar-refractivity contribution in [1.82, 2.24) is 0 Å². The van der Waals surface area contributed by atoms with Crippen molar-refractivity contribution in [3.8, 4) is 0 Å². The molecule has 0 saturated heterocycles. The van der Waals surface area contributed by atoms with E-state index in [-0.39, 0.29) is 0 Å². The summed E-state index contributed by atoms with van der Waals surface area (Å²) < 4.78 is 0. The Morgan fingerprint density at radius 1 is 0.464 bits per heavy atom. The summed E-state index contributed by atoms with van der Waals surface area (Å²) >= 11 is 0. The van der Waals surface area contributed by atoms with Gasteiger partial charge in [-0.25, -0.2) is 0 Å². The zero-order chi connectivity index (χ0) is 20.0. The Morgan fingerprint density at radius 3 is 1.36 bits per heavy atom. The van der Waals surface area contributed by atoms with E-state index in [0.717, 1.165) is 29.6 Å². The summed E-state index contributed by atoms with van der Waals surface area (Å²) in [5.74, 6) is 5.59. The second-order valence-corrected chi connectivity index (χ2v) is 10.4. The Hall–Kier alpha value is 0. The van der Waals surface area contributed by atoms with Crippen LogP contribution in [0.4, 0.5) is 0 Å². The van der Waals surface area contributed by atoms with E-state index in [2.05, 4.69) is 6.92 Å². The van der Waals surface area contributed by atoms with Crippen LogP contribution in [0.2, 0.25) is 0 Å². The van der Waals surface area contributed by atoms with Crippen LogP contribution >= 0.6 is 0 Å². The summed E-state index contributed by atoms with van der Waals surface area (Å²) in [4.78, 5) is 0. The standard InChI is InChI=1S/C20H36.C6H12.C2H6/c1-2-6-16-9-10-20(15-16)19-13-11-18(12-14-19)17-7-4-3-5-8-17;1-2-4-6-5-3-1;1-2/h16-20H,2-15H2,1H3;1-6H2;1-2H3. The highest BCUT2D eigenvalue weighted by Crippen LogP contribution is 2.46. The van der Waals surface area contributed by atoms with E-state index >= 15 is 0 Å². The fraction of sp³-hybridized carbons (Fsp3) is 1.00. The van der Waals surface area contributed by atoms with Crippen LogP contribution in [0, 0.1) is 29.6 Å². The van der Waals surface area contributed by atoms with Gasteiger partial charge in [0.25, 0.3) is 0 Å². The topological polar surface area (TPSA) is 0 Å². The zero-order valence-electron chi connectivity index (χ0n) is 20.0. The molecule has 0 spiro atoms. The van der Waals surface area contributed by atoms with Gasteiger partial charge >= 0.3 is 0 Å². The van der Waals surface area contributed by atoms with E-state index in [1.54, 1.807) is 57.8 Å². The first kappa shape index (κ1) is 24.3. The van der Waals surface area contributed by atoms with Crippen molar-refractivity contribution >= 4 is 0 Å². The molecule has 0 amide bonds. The van der Waals surface area contributed by atoms with Crippen molar-refractivity contribution in [2.45, 2.75) is 149 Å². The molecule has 4 saturated carbocycles. The normalized spacial score (nSPS) is 34.0. The van der Waals surface area contributed by atoms with E-state index in [1.165, 1.54) is 70.6 Å². The van der Waals surface area contributed by atoms with E-state index < -0.39 is 0 Å². The molecule has 166 valence electrons. The van der Waals surface area contributed by atoms with Gasteiger partial charge in [-0.15, -0.1) is 0 Å². The van der Waals surface area contributed by atoms with Crippen molar-refractivity contribution in [2.24, 2.45) is 29.6 Å². The van der Waals surface area contributed by atoms with Gasteiger partial charge in [0.2, 0.25) is 0 Å². The Balaban J connectivity index is 0.000000296. The Bertz CT molecular complexity index is 330. The molecule has 0 heteroatoms. The number of hydrogen-bond acceptors (Lipinski definition) is 0. The van der Waals surface area contributed by atoms with Crippen molar-refractivity contribution < 1.29 is 0 Å². The molecule has 0 aromatic carbocycles. The summed E-state index contributed by atoms with van der Waals surface area (Å²) in [5, 5.41) is 0. The summed E-state index contributed by atoms with van der Waals surface area (Å²) in [7, 11) is 0. The van der Waals surface area contributed by atoms with Crippen molar-refractivity contribution in [2.75, 3.05) is 0 Å². The van der Waals surface area contributed by atoms with Gasteiger partial charge < -0.3 is 0 Å². The van der Waals surface area contributed by atoms with Gasteiger partial charge in [0.05, 0.1) is 0 Å². The van der Waals surface area contributed by atoms with Gasteiger partial charge in [-0.1, -0.05) is 111 Å². The van der Waals surface area contributed by atoms with Crippen LogP contribution in [0.15, 0.2) is 0 Å². The molecular formula is C28H54. The molecule has 28 heavy (non-hydrogen) atoms. The minimum Gasteiger partial charge on any atom is -0.0683 e. The molecule has 0 radical (unpaired) electrons. The third-order valence-corrected chi connectivity index (χ3v) is 8.58. The molecule has 4 rings (SSSR count). The van der Waals surface area contributed by atoms with Crippen molar-refractivity contribution in [3.05, 3.63) is 0 Å².